The first-order valence-electron chi connectivity index (χ1n) is 10.9. The predicted octanol–water partition coefficient (Wildman–Crippen LogP) is 3.48. The molecule has 0 bridgehead atoms. The van der Waals surface area contributed by atoms with Crippen LogP contribution in [0.1, 0.15) is 41.6 Å². The molecule has 1 aliphatic heterocycles. The van der Waals surface area contributed by atoms with Gasteiger partial charge in [-0.3, -0.25) is 9.59 Å². The number of hydrogen-bond acceptors (Lipinski definition) is 5. The fourth-order valence-electron chi connectivity index (χ4n) is 4.14. The summed E-state index contributed by atoms with van der Waals surface area (Å²) in [6.07, 6.45) is 1.91. The summed E-state index contributed by atoms with van der Waals surface area (Å²) in [4.78, 5) is 28.1. The highest BCUT2D eigenvalue weighted by atomic mass is 16.5. The smallest absolute Gasteiger partial charge is 0.254 e. The third-order valence-electron chi connectivity index (χ3n) is 5.93. The number of carbonyl (C=O) groups excluding carboxylic acids is 2. The molecule has 0 aliphatic carbocycles. The normalized spacial score (nSPS) is 17.7. The summed E-state index contributed by atoms with van der Waals surface area (Å²) < 4.78 is 16.3. The number of amides is 2. The summed E-state index contributed by atoms with van der Waals surface area (Å²) in [6.45, 7) is 3.45. The minimum absolute atomic E-state index is 0.0470. The van der Waals surface area contributed by atoms with Crippen molar-refractivity contribution in [2.24, 2.45) is 5.92 Å². The second-order valence-corrected chi connectivity index (χ2v) is 7.91. The minimum Gasteiger partial charge on any atom is -0.497 e. The molecule has 2 aromatic rings. The zero-order valence-corrected chi connectivity index (χ0v) is 19.2. The maximum absolute atomic E-state index is 13.3. The number of carbonyl (C=O) groups is 2. The number of likely N-dealkylation sites (tertiary alicyclic amines) is 1. The van der Waals surface area contributed by atoms with Crippen LogP contribution in [0, 0.1) is 5.92 Å². The molecule has 7 heteroatoms. The Kier molecular flexibility index (Phi) is 7.98. The number of nitrogens with one attached hydrogen (secondary N) is 1. The number of hydrogen-bond donors (Lipinski definition) is 1. The number of nitrogens with zero attached hydrogens (tertiary/aromatic N) is 1. The number of unbranched alkanes of at least 4 members (excludes halogenated alkanes) is 1. The SMILES string of the molecule is CCCCNC(=O)[C@@H]1CN(C(=O)c2cccc(OC)c2)C[C@@H]1c1cc(OC)ccc1OC. The van der Waals surface area contributed by atoms with Gasteiger partial charge in [0.2, 0.25) is 5.91 Å². The highest BCUT2D eigenvalue weighted by Gasteiger charge is 2.41. The van der Waals surface area contributed by atoms with Crippen LogP contribution in [0.3, 0.4) is 0 Å². The van der Waals surface area contributed by atoms with Crippen molar-refractivity contribution in [2.75, 3.05) is 41.0 Å². The van der Waals surface area contributed by atoms with Gasteiger partial charge in [0.15, 0.2) is 0 Å². The number of ether oxygens (including phenoxy) is 3. The van der Waals surface area contributed by atoms with E-state index in [1.165, 1.54) is 0 Å². The van der Waals surface area contributed by atoms with Crippen LogP contribution >= 0.6 is 0 Å². The van der Waals surface area contributed by atoms with E-state index in [4.69, 9.17) is 14.2 Å². The number of methoxy groups -OCH3 is 3. The average molecular weight is 441 g/mol. The van der Waals surface area contributed by atoms with E-state index in [9.17, 15) is 9.59 Å². The largest absolute Gasteiger partial charge is 0.497 e. The molecule has 2 atom stereocenters. The molecular formula is C25H32N2O5. The molecule has 172 valence electrons. The fourth-order valence-corrected chi connectivity index (χ4v) is 4.14. The van der Waals surface area contributed by atoms with E-state index in [-0.39, 0.29) is 23.7 Å². The van der Waals surface area contributed by atoms with Crippen molar-refractivity contribution in [3.05, 3.63) is 53.6 Å². The average Bonchev–Trinajstić information content (AvgIpc) is 3.28. The first-order valence-corrected chi connectivity index (χ1v) is 10.9. The maximum atomic E-state index is 13.3. The van der Waals surface area contributed by atoms with Crippen molar-refractivity contribution in [1.82, 2.24) is 10.2 Å². The maximum Gasteiger partial charge on any atom is 0.254 e. The third kappa shape index (κ3) is 5.15. The second-order valence-electron chi connectivity index (χ2n) is 7.91. The Hall–Kier alpha value is -3.22. The van der Waals surface area contributed by atoms with Crippen LogP contribution in [0.25, 0.3) is 0 Å². The Morgan fingerprint density at radius 1 is 1.00 bits per heavy atom. The molecule has 0 radical (unpaired) electrons. The number of rotatable bonds is 9. The Balaban J connectivity index is 1.92. The summed E-state index contributed by atoms with van der Waals surface area (Å²) in [5.41, 5.74) is 1.40. The molecule has 0 saturated carbocycles. The van der Waals surface area contributed by atoms with Crippen molar-refractivity contribution >= 4 is 11.8 Å². The van der Waals surface area contributed by atoms with Gasteiger partial charge >= 0.3 is 0 Å². The van der Waals surface area contributed by atoms with E-state index in [1.54, 1.807) is 50.5 Å². The molecule has 1 fully saturated rings. The summed E-state index contributed by atoms with van der Waals surface area (Å²) >= 11 is 0. The van der Waals surface area contributed by atoms with E-state index in [1.807, 2.05) is 18.2 Å². The van der Waals surface area contributed by atoms with Crippen LogP contribution in [0.5, 0.6) is 17.2 Å². The lowest BCUT2D eigenvalue weighted by Crippen LogP contribution is -2.36. The Labute approximate surface area is 189 Å². The fraction of sp³-hybridized carbons (Fsp3) is 0.440. The van der Waals surface area contributed by atoms with Gasteiger partial charge in [-0.15, -0.1) is 0 Å². The van der Waals surface area contributed by atoms with Gasteiger partial charge in [-0.25, -0.2) is 0 Å². The molecule has 2 aromatic carbocycles. The zero-order chi connectivity index (χ0) is 23.1. The van der Waals surface area contributed by atoms with E-state index in [2.05, 4.69) is 12.2 Å². The van der Waals surface area contributed by atoms with Gasteiger partial charge in [-0.05, 0) is 42.8 Å². The van der Waals surface area contributed by atoms with Gasteiger partial charge in [-0.2, -0.15) is 0 Å². The summed E-state index contributed by atoms with van der Waals surface area (Å²) in [5, 5.41) is 3.04. The van der Waals surface area contributed by atoms with Crippen LogP contribution < -0.4 is 19.5 Å². The minimum atomic E-state index is -0.387. The molecule has 7 nitrogen and oxygen atoms in total. The van der Waals surface area contributed by atoms with Gasteiger partial charge in [0.05, 0.1) is 27.2 Å². The van der Waals surface area contributed by atoms with Crippen molar-refractivity contribution < 1.29 is 23.8 Å². The first-order chi connectivity index (χ1) is 15.5. The van der Waals surface area contributed by atoms with E-state index >= 15 is 0 Å². The first kappa shape index (κ1) is 23.4. The highest BCUT2D eigenvalue weighted by molar-refractivity contribution is 5.95. The van der Waals surface area contributed by atoms with Crippen molar-refractivity contribution in [3.63, 3.8) is 0 Å². The van der Waals surface area contributed by atoms with Crippen LogP contribution in [0.4, 0.5) is 0 Å². The molecule has 1 aliphatic rings. The molecule has 1 heterocycles. The zero-order valence-electron chi connectivity index (χ0n) is 19.2. The third-order valence-corrected chi connectivity index (χ3v) is 5.93. The molecule has 1 saturated heterocycles. The summed E-state index contributed by atoms with van der Waals surface area (Å²) in [5.74, 6) is 1.21. The summed E-state index contributed by atoms with van der Waals surface area (Å²) in [6, 6.07) is 12.6. The molecule has 0 unspecified atom stereocenters. The van der Waals surface area contributed by atoms with Crippen molar-refractivity contribution in [2.45, 2.75) is 25.7 Å². The molecule has 0 spiro atoms. The van der Waals surface area contributed by atoms with Crippen LogP contribution in [0.15, 0.2) is 42.5 Å². The quantitative estimate of drug-likeness (QED) is 0.604. The molecule has 2 amide bonds. The lowest BCUT2D eigenvalue weighted by Gasteiger charge is -2.21. The predicted molar refractivity (Wildman–Crippen MR) is 123 cm³/mol. The van der Waals surface area contributed by atoms with E-state index < -0.39 is 0 Å². The second kappa shape index (κ2) is 10.9. The molecule has 1 N–H and O–H groups in total. The monoisotopic (exact) mass is 440 g/mol. The van der Waals surface area contributed by atoms with Gasteiger partial charge in [0.25, 0.3) is 5.91 Å². The molecule has 3 rings (SSSR count). The number of benzene rings is 2. The Bertz CT molecular complexity index is 946. The Morgan fingerprint density at radius 2 is 1.75 bits per heavy atom. The molecule has 0 aromatic heterocycles. The van der Waals surface area contributed by atoms with Crippen LogP contribution in [0.2, 0.25) is 0 Å². The van der Waals surface area contributed by atoms with Gasteiger partial charge in [-0.1, -0.05) is 19.4 Å². The van der Waals surface area contributed by atoms with Crippen LogP contribution in [-0.4, -0.2) is 57.7 Å². The van der Waals surface area contributed by atoms with Gasteiger partial charge < -0.3 is 24.4 Å². The Morgan fingerprint density at radius 3 is 2.44 bits per heavy atom. The molecule has 32 heavy (non-hydrogen) atoms. The lowest BCUT2D eigenvalue weighted by molar-refractivity contribution is -0.124. The van der Waals surface area contributed by atoms with E-state index in [0.717, 1.165) is 18.4 Å². The standard InChI is InChI=1S/C25H32N2O5/c1-5-6-12-26-24(28)22-16-27(25(29)17-8-7-9-18(13-17)30-2)15-21(22)20-14-19(31-3)10-11-23(20)32-4/h7-11,13-14,21-22H,5-6,12,15-16H2,1-4H3,(H,26,28)/t21-,22-/m1/s1. The molecular weight excluding hydrogens is 408 g/mol. The highest BCUT2D eigenvalue weighted by Crippen LogP contribution is 2.40. The lowest BCUT2D eigenvalue weighted by atomic mass is 9.87. The van der Waals surface area contributed by atoms with Crippen LogP contribution in [-0.2, 0) is 4.79 Å². The van der Waals surface area contributed by atoms with E-state index in [0.29, 0.717) is 42.4 Å². The van der Waals surface area contributed by atoms with Crippen molar-refractivity contribution in [3.8, 4) is 17.2 Å². The topological polar surface area (TPSA) is 77.1 Å². The van der Waals surface area contributed by atoms with Crippen molar-refractivity contribution in [1.29, 1.82) is 0 Å². The van der Waals surface area contributed by atoms with Gasteiger partial charge in [0, 0.05) is 36.7 Å². The van der Waals surface area contributed by atoms with Gasteiger partial charge in [0.1, 0.15) is 17.2 Å². The summed E-state index contributed by atoms with van der Waals surface area (Å²) in [7, 11) is 4.78.